The van der Waals surface area contributed by atoms with Crippen LogP contribution in [0.3, 0.4) is 0 Å². The van der Waals surface area contributed by atoms with E-state index in [2.05, 4.69) is 20.8 Å². The first kappa shape index (κ1) is 15.0. The number of fused-ring (bicyclic) bond motifs is 1. The molecule has 25 heavy (non-hydrogen) atoms. The SMILES string of the molecule is O=C(N[C@H]1CO[C@H]2[C@@H]1OC[C@@H]2n1nnnc1-c1ccccc1)C1CC1. The molecule has 2 aliphatic heterocycles. The zero-order valence-corrected chi connectivity index (χ0v) is 13.6. The fourth-order valence-corrected chi connectivity index (χ4v) is 3.65. The Hall–Kier alpha value is -2.32. The summed E-state index contributed by atoms with van der Waals surface area (Å²) in [5.74, 6) is 0.998. The molecule has 2 aromatic rings. The molecule has 1 amide bonds. The molecule has 2 saturated heterocycles. The Kier molecular flexibility index (Phi) is 3.53. The number of ether oxygens (including phenoxy) is 2. The maximum Gasteiger partial charge on any atom is 0.223 e. The fourth-order valence-electron chi connectivity index (χ4n) is 3.65. The Morgan fingerprint density at radius 3 is 2.72 bits per heavy atom. The summed E-state index contributed by atoms with van der Waals surface area (Å²) in [6, 6.07) is 9.63. The number of tetrazole rings is 1. The molecule has 3 fully saturated rings. The van der Waals surface area contributed by atoms with E-state index in [9.17, 15) is 4.79 Å². The normalized spacial score (nSPS) is 31.0. The summed E-state index contributed by atoms with van der Waals surface area (Å²) in [5, 5.41) is 15.2. The predicted octanol–water partition coefficient (Wildman–Crippen LogP) is 0.574. The zero-order valence-electron chi connectivity index (χ0n) is 13.6. The van der Waals surface area contributed by atoms with E-state index >= 15 is 0 Å². The van der Waals surface area contributed by atoms with Crippen molar-refractivity contribution in [1.29, 1.82) is 0 Å². The second-order valence-corrected chi connectivity index (χ2v) is 6.87. The lowest BCUT2D eigenvalue weighted by atomic mass is 10.1. The number of aromatic nitrogens is 4. The average molecular weight is 341 g/mol. The molecule has 3 heterocycles. The highest BCUT2D eigenvalue weighted by Crippen LogP contribution is 2.36. The molecule has 1 N–H and O–H groups in total. The van der Waals surface area contributed by atoms with Crippen LogP contribution in [0.5, 0.6) is 0 Å². The molecule has 1 aliphatic carbocycles. The molecule has 130 valence electrons. The van der Waals surface area contributed by atoms with E-state index in [1.54, 1.807) is 4.68 Å². The third kappa shape index (κ3) is 2.61. The third-order valence-corrected chi connectivity index (χ3v) is 5.14. The van der Waals surface area contributed by atoms with E-state index in [1.165, 1.54) is 0 Å². The molecule has 0 spiro atoms. The van der Waals surface area contributed by atoms with Gasteiger partial charge in [-0.3, -0.25) is 4.79 Å². The number of benzene rings is 1. The van der Waals surface area contributed by atoms with Crippen LogP contribution in [0.1, 0.15) is 18.9 Å². The molecule has 8 heteroatoms. The van der Waals surface area contributed by atoms with Crippen molar-refractivity contribution in [1.82, 2.24) is 25.5 Å². The van der Waals surface area contributed by atoms with Crippen molar-refractivity contribution in [2.24, 2.45) is 5.92 Å². The highest BCUT2D eigenvalue weighted by molar-refractivity contribution is 5.81. The lowest BCUT2D eigenvalue weighted by molar-refractivity contribution is -0.123. The number of nitrogens with one attached hydrogen (secondary N) is 1. The molecule has 8 nitrogen and oxygen atoms in total. The smallest absolute Gasteiger partial charge is 0.223 e. The quantitative estimate of drug-likeness (QED) is 0.874. The fraction of sp³-hybridized carbons (Fsp3) is 0.529. The summed E-state index contributed by atoms with van der Waals surface area (Å²) in [7, 11) is 0. The van der Waals surface area contributed by atoms with Gasteiger partial charge >= 0.3 is 0 Å². The van der Waals surface area contributed by atoms with E-state index in [4.69, 9.17) is 9.47 Å². The maximum absolute atomic E-state index is 12.0. The van der Waals surface area contributed by atoms with Crippen molar-refractivity contribution < 1.29 is 14.3 Å². The van der Waals surface area contributed by atoms with Crippen LogP contribution in [0.15, 0.2) is 30.3 Å². The summed E-state index contributed by atoms with van der Waals surface area (Å²) in [6.45, 7) is 0.934. The predicted molar refractivity (Wildman–Crippen MR) is 86.4 cm³/mol. The maximum atomic E-state index is 12.0. The molecular weight excluding hydrogens is 322 g/mol. The van der Waals surface area contributed by atoms with Crippen LogP contribution in [0.2, 0.25) is 0 Å². The van der Waals surface area contributed by atoms with Crippen molar-refractivity contribution in [3.8, 4) is 11.4 Å². The zero-order chi connectivity index (χ0) is 16.8. The van der Waals surface area contributed by atoms with Crippen molar-refractivity contribution in [3.05, 3.63) is 30.3 Å². The first-order valence-corrected chi connectivity index (χ1v) is 8.68. The number of carbonyl (C=O) groups is 1. The Labute approximate surface area is 144 Å². The summed E-state index contributed by atoms with van der Waals surface area (Å²) < 4.78 is 13.7. The highest BCUT2D eigenvalue weighted by Gasteiger charge is 2.50. The number of hydrogen-bond donors (Lipinski definition) is 1. The summed E-state index contributed by atoms with van der Waals surface area (Å²) in [4.78, 5) is 12.0. The van der Waals surface area contributed by atoms with E-state index in [1.807, 2.05) is 30.3 Å². The average Bonchev–Trinajstić information content (AvgIpc) is 3.06. The summed E-state index contributed by atoms with van der Waals surface area (Å²) in [5.41, 5.74) is 0.951. The molecule has 3 aliphatic rings. The lowest BCUT2D eigenvalue weighted by Gasteiger charge is -2.18. The van der Waals surface area contributed by atoms with E-state index in [0.717, 1.165) is 18.4 Å². The second kappa shape index (κ2) is 5.89. The van der Waals surface area contributed by atoms with Gasteiger partial charge < -0.3 is 14.8 Å². The van der Waals surface area contributed by atoms with Gasteiger partial charge in [0.15, 0.2) is 5.82 Å². The molecule has 4 atom stereocenters. The van der Waals surface area contributed by atoms with Gasteiger partial charge in [-0.1, -0.05) is 30.3 Å². The first-order valence-electron chi connectivity index (χ1n) is 8.68. The van der Waals surface area contributed by atoms with Crippen LogP contribution in [0.25, 0.3) is 11.4 Å². The molecule has 1 aromatic heterocycles. The third-order valence-electron chi connectivity index (χ3n) is 5.14. The minimum atomic E-state index is -0.157. The molecule has 0 unspecified atom stereocenters. The minimum Gasteiger partial charge on any atom is -0.371 e. The Balaban J connectivity index is 1.36. The highest BCUT2D eigenvalue weighted by atomic mass is 16.6. The Morgan fingerprint density at radius 1 is 1.12 bits per heavy atom. The van der Waals surface area contributed by atoms with Crippen molar-refractivity contribution >= 4 is 5.91 Å². The molecular formula is C17H19N5O3. The van der Waals surface area contributed by atoms with Crippen LogP contribution < -0.4 is 5.32 Å². The van der Waals surface area contributed by atoms with Crippen LogP contribution in [0, 0.1) is 5.92 Å². The van der Waals surface area contributed by atoms with E-state index < -0.39 is 0 Å². The van der Waals surface area contributed by atoms with Gasteiger partial charge in [0.2, 0.25) is 5.91 Å². The van der Waals surface area contributed by atoms with Gasteiger partial charge in [-0.05, 0) is 23.3 Å². The van der Waals surface area contributed by atoms with Crippen molar-refractivity contribution in [2.45, 2.75) is 37.1 Å². The number of nitrogens with zero attached hydrogens (tertiary/aromatic N) is 4. The van der Waals surface area contributed by atoms with Gasteiger partial charge in [0, 0.05) is 11.5 Å². The van der Waals surface area contributed by atoms with Gasteiger partial charge in [-0.2, -0.15) is 0 Å². The van der Waals surface area contributed by atoms with Gasteiger partial charge in [0.25, 0.3) is 0 Å². The van der Waals surface area contributed by atoms with Crippen molar-refractivity contribution in [3.63, 3.8) is 0 Å². The van der Waals surface area contributed by atoms with Crippen LogP contribution >= 0.6 is 0 Å². The van der Waals surface area contributed by atoms with Gasteiger partial charge in [0.1, 0.15) is 18.2 Å². The number of amides is 1. The Bertz CT molecular complexity index is 776. The minimum absolute atomic E-state index is 0.0974. The largest absolute Gasteiger partial charge is 0.371 e. The topological polar surface area (TPSA) is 91.2 Å². The summed E-state index contributed by atoms with van der Waals surface area (Å²) in [6.07, 6.45) is 1.67. The monoisotopic (exact) mass is 341 g/mol. The first-order chi connectivity index (χ1) is 12.3. The molecule has 1 aromatic carbocycles. The van der Waals surface area contributed by atoms with Gasteiger partial charge in [-0.25, -0.2) is 4.68 Å². The standard InChI is InChI=1S/C17H19N5O3/c23-17(11-6-7-11)18-12-8-24-15-13(9-25-14(12)15)22-16(19-20-21-22)10-4-2-1-3-5-10/h1-5,11-15H,6-9H2,(H,18,23)/t12-,13-,14+,15+/m0/s1. The van der Waals surface area contributed by atoms with Crippen LogP contribution in [-0.2, 0) is 14.3 Å². The van der Waals surface area contributed by atoms with Gasteiger partial charge in [-0.15, -0.1) is 5.10 Å². The number of carbonyl (C=O) groups excluding carboxylic acids is 1. The molecule has 1 saturated carbocycles. The van der Waals surface area contributed by atoms with E-state index in [0.29, 0.717) is 19.0 Å². The number of hydrogen-bond acceptors (Lipinski definition) is 6. The van der Waals surface area contributed by atoms with Crippen LogP contribution in [-0.4, -0.2) is 57.6 Å². The summed E-state index contributed by atoms with van der Waals surface area (Å²) >= 11 is 0. The lowest BCUT2D eigenvalue weighted by Crippen LogP contribution is -2.44. The van der Waals surface area contributed by atoms with Gasteiger partial charge in [0.05, 0.1) is 19.3 Å². The Morgan fingerprint density at radius 2 is 1.92 bits per heavy atom. The van der Waals surface area contributed by atoms with E-state index in [-0.39, 0.29) is 36.1 Å². The van der Waals surface area contributed by atoms with Crippen LogP contribution in [0.4, 0.5) is 0 Å². The molecule has 5 rings (SSSR count). The second-order valence-electron chi connectivity index (χ2n) is 6.87. The molecule has 0 bridgehead atoms. The number of rotatable bonds is 4. The van der Waals surface area contributed by atoms with Crippen molar-refractivity contribution in [2.75, 3.05) is 13.2 Å². The molecule has 0 radical (unpaired) electrons.